The van der Waals surface area contributed by atoms with Crippen molar-refractivity contribution in [3.63, 3.8) is 0 Å². The van der Waals surface area contributed by atoms with Gasteiger partial charge in [-0.15, -0.1) is 13.2 Å². The smallest absolute Gasteiger partial charge is 0.406 e. The predicted molar refractivity (Wildman–Crippen MR) is 90.6 cm³/mol. The number of rotatable bonds is 5. The molecule has 7 nitrogen and oxygen atoms in total. The van der Waals surface area contributed by atoms with Crippen molar-refractivity contribution in [3.05, 3.63) is 29.8 Å². The Hall–Kier alpha value is -1.43. The van der Waals surface area contributed by atoms with Crippen LogP contribution in [0.5, 0.6) is 5.75 Å². The van der Waals surface area contributed by atoms with Crippen LogP contribution in [0, 0.1) is 0 Å². The van der Waals surface area contributed by atoms with E-state index in [1.807, 2.05) is 0 Å². The Labute approximate surface area is 160 Å². The Kier molecular flexibility index (Phi) is 5.77. The average Bonchev–Trinajstić information content (AvgIpc) is 3.07. The third-order valence-electron chi connectivity index (χ3n) is 5.30. The number of hydrogen-bond donors (Lipinski definition) is 2. The number of ether oxygens (including phenoxy) is 4. The van der Waals surface area contributed by atoms with E-state index in [0.717, 1.165) is 5.56 Å². The summed E-state index contributed by atoms with van der Waals surface area (Å²) in [5.74, 6) is -0.267. The molecule has 3 aliphatic rings. The quantitative estimate of drug-likeness (QED) is 0.754. The van der Waals surface area contributed by atoms with E-state index in [2.05, 4.69) is 15.0 Å². The van der Waals surface area contributed by atoms with Crippen molar-refractivity contribution >= 4 is 0 Å². The lowest BCUT2D eigenvalue weighted by atomic mass is 9.94. The fraction of sp³-hybridized carbons (Fsp3) is 0.667. The summed E-state index contributed by atoms with van der Waals surface area (Å²) in [6, 6.07) is 5.00. The Morgan fingerprint density at radius 1 is 1.18 bits per heavy atom. The van der Waals surface area contributed by atoms with Crippen molar-refractivity contribution in [2.75, 3.05) is 32.9 Å². The lowest BCUT2D eigenvalue weighted by Gasteiger charge is -2.45. The minimum atomic E-state index is -4.71. The normalized spacial score (nSPS) is 33.8. The molecule has 2 bridgehead atoms. The van der Waals surface area contributed by atoms with Crippen LogP contribution in [0.15, 0.2) is 24.3 Å². The molecule has 3 heterocycles. The number of fused-ring (bicyclic) bond motifs is 2. The van der Waals surface area contributed by atoms with Crippen molar-refractivity contribution in [3.8, 4) is 5.75 Å². The lowest BCUT2D eigenvalue weighted by molar-refractivity contribution is -0.274. The van der Waals surface area contributed by atoms with Gasteiger partial charge in [-0.3, -0.25) is 4.90 Å². The maximum Gasteiger partial charge on any atom is 0.573 e. The average molecular weight is 404 g/mol. The van der Waals surface area contributed by atoms with Crippen molar-refractivity contribution in [2.45, 2.75) is 43.5 Å². The van der Waals surface area contributed by atoms with Gasteiger partial charge >= 0.3 is 6.36 Å². The second-order valence-electron chi connectivity index (χ2n) is 7.10. The molecule has 4 rings (SSSR count). The predicted octanol–water partition coefficient (Wildman–Crippen LogP) is 0.860. The SMILES string of the molecule is O[C@H]1[C@@H](NCc2ccc(OC(F)(F)F)cc2)[C@@H]2CO[C@H](O2)[C@@H]1N1CCOCC1. The molecule has 3 saturated heterocycles. The summed E-state index contributed by atoms with van der Waals surface area (Å²) in [4.78, 5) is 2.12. The number of aliphatic hydroxyl groups is 1. The highest BCUT2D eigenvalue weighted by Gasteiger charge is 2.52. The maximum atomic E-state index is 12.3. The fourth-order valence-electron chi connectivity index (χ4n) is 3.96. The zero-order valence-electron chi connectivity index (χ0n) is 15.1. The minimum Gasteiger partial charge on any atom is -0.406 e. The molecule has 1 aromatic rings. The van der Waals surface area contributed by atoms with Gasteiger partial charge in [0.1, 0.15) is 11.9 Å². The van der Waals surface area contributed by atoms with Gasteiger partial charge in [-0.05, 0) is 17.7 Å². The number of nitrogens with zero attached hydrogens (tertiary/aromatic N) is 1. The first kappa shape index (κ1) is 19.9. The second-order valence-corrected chi connectivity index (χ2v) is 7.10. The van der Waals surface area contributed by atoms with Gasteiger partial charge in [-0.25, -0.2) is 0 Å². The summed E-state index contributed by atoms with van der Waals surface area (Å²) in [5, 5.41) is 14.2. The van der Waals surface area contributed by atoms with Crippen LogP contribution in [0.3, 0.4) is 0 Å². The number of aliphatic hydroxyl groups excluding tert-OH is 1. The Morgan fingerprint density at radius 3 is 2.57 bits per heavy atom. The summed E-state index contributed by atoms with van der Waals surface area (Å²) in [6.07, 6.45) is -6.14. The molecule has 0 saturated carbocycles. The number of morpholine rings is 1. The van der Waals surface area contributed by atoms with Gasteiger partial charge in [-0.1, -0.05) is 12.1 Å². The van der Waals surface area contributed by atoms with Crippen LogP contribution < -0.4 is 10.1 Å². The van der Waals surface area contributed by atoms with Crippen molar-refractivity contribution in [1.29, 1.82) is 0 Å². The number of benzene rings is 1. The van der Waals surface area contributed by atoms with Gasteiger partial charge in [0.25, 0.3) is 0 Å². The first-order valence-electron chi connectivity index (χ1n) is 9.26. The fourth-order valence-corrected chi connectivity index (χ4v) is 3.96. The molecule has 0 aromatic heterocycles. The molecular weight excluding hydrogens is 381 g/mol. The molecule has 10 heteroatoms. The molecule has 0 radical (unpaired) electrons. The van der Waals surface area contributed by atoms with Crippen molar-refractivity contribution < 1.29 is 37.2 Å². The van der Waals surface area contributed by atoms with Crippen LogP contribution in [0.4, 0.5) is 13.2 Å². The molecule has 1 aromatic carbocycles. The van der Waals surface area contributed by atoms with Gasteiger partial charge in [0.05, 0.1) is 38.0 Å². The number of halogens is 3. The third kappa shape index (κ3) is 4.42. The lowest BCUT2D eigenvalue weighted by Crippen LogP contribution is -2.65. The zero-order chi connectivity index (χ0) is 19.7. The molecule has 156 valence electrons. The molecule has 0 amide bonds. The molecular formula is C18H23F3N2O5. The summed E-state index contributed by atoms with van der Waals surface area (Å²) >= 11 is 0. The van der Waals surface area contributed by atoms with E-state index < -0.39 is 18.8 Å². The Bertz CT molecular complexity index is 654. The second kappa shape index (κ2) is 8.13. The minimum absolute atomic E-state index is 0.267. The molecule has 0 spiro atoms. The van der Waals surface area contributed by atoms with E-state index in [1.54, 1.807) is 12.1 Å². The van der Waals surface area contributed by atoms with Gasteiger partial charge in [0, 0.05) is 19.6 Å². The number of hydrogen-bond acceptors (Lipinski definition) is 7. The van der Waals surface area contributed by atoms with E-state index in [9.17, 15) is 18.3 Å². The topological polar surface area (TPSA) is 72.4 Å². The van der Waals surface area contributed by atoms with Gasteiger partial charge in [-0.2, -0.15) is 0 Å². The highest BCUT2D eigenvalue weighted by Crippen LogP contribution is 2.32. The molecule has 3 aliphatic heterocycles. The van der Waals surface area contributed by atoms with Crippen LogP contribution in [0.1, 0.15) is 5.56 Å². The van der Waals surface area contributed by atoms with Gasteiger partial charge < -0.3 is 29.4 Å². The largest absolute Gasteiger partial charge is 0.573 e. The number of alkyl halides is 3. The monoisotopic (exact) mass is 404 g/mol. The van der Waals surface area contributed by atoms with Crippen LogP contribution in [0.25, 0.3) is 0 Å². The standard InChI is InChI=1S/C18H23F3N2O5/c19-18(20,21)28-12-3-1-11(2-4-12)9-22-14-13-10-26-17(27-13)15(16(14)24)23-5-7-25-8-6-23/h1-4,13-17,22,24H,5-10H2/t13-,14-,15+,16-,17+/m0/s1. The summed E-state index contributed by atoms with van der Waals surface area (Å²) in [5.41, 5.74) is 0.769. The van der Waals surface area contributed by atoms with Crippen molar-refractivity contribution in [1.82, 2.24) is 10.2 Å². The maximum absolute atomic E-state index is 12.3. The Morgan fingerprint density at radius 2 is 1.89 bits per heavy atom. The van der Waals surface area contributed by atoms with Crippen molar-refractivity contribution in [2.24, 2.45) is 0 Å². The zero-order valence-corrected chi connectivity index (χ0v) is 15.1. The van der Waals surface area contributed by atoms with E-state index in [0.29, 0.717) is 39.5 Å². The molecule has 0 aliphatic carbocycles. The first-order chi connectivity index (χ1) is 13.4. The van der Waals surface area contributed by atoms with Crippen LogP contribution >= 0.6 is 0 Å². The van der Waals surface area contributed by atoms with Crippen LogP contribution in [-0.4, -0.2) is 79.9 Å². The first-order valence-corrected chi connectivity index (χ1v) is 9.26. The summed E-state index contributed by atoms with van der Waals surface area (Å²) in [6.45, 7) is 3.35. The van der Waals surface area contributed by atoms with E-state index >= 15 is 0 Å². The van der Waals surface area contributed by atoms with Crippen LogP contribution in [-0.2, 0) is 20.8 Å². The van der Waals surface area contributed by atoms with Crippen LogP contribution in [0.2, 0.25) is 0 Å². The number of nitrogens with one attached hydrogen (secondary N) is 1. The highest BCUT2D eigenvalue weighted by atomic mass is 19.4. The molecule has 0 unspecified atom stereocenters. The van der Waals surface area contributed by atoms with Gasteiger partial charge in [0.2, 0.25) is 0 Å². The summed E-state index contributed by atoms with van der Waals surface area (Å²) in [7, 11) is 0. The third-order valence-corrected chi connectivity index (χ3v) is 5.30. The Balaban J connectivity index is 1.38. The molecule has 28 heavy (non-hydrogen) atoms. The van der Waals surface area contributed by atoms with Gasteiger partial charge in [0.15, 0.2) is 6.29 Å². The summed E-state index contributed by atoms with van der Waals surface area (Å²) < 4.78 is 57.7. The molecule has 2 N–H and O–H groups in total. The van der Waals surface area contributed by atoms with E-state index in [4.69, 9.17) is 14.2 Å². The highest BCUT2D eigenvalue weighted by molar-refractivity contribution is 5.27. The molecule has 5 atom stereocenters. The van der Waals surface area contributed by atoms with E-state index in [1.165, 1.54) is 12.1 Å². The van der Waals surface area contributed by atoms with E-state index in [-0.39, 0.29) is 23.9 Å². The molecule has 3 fully saturated rings.